The van der Waals surface area contributed by atoms with E-state index < -0.39 is 17.3 Å². The average molecular weight is 272 g/mol. The van der Waals surface area contributed by atoms with Crippen LogP contribution in [0.25, 0.3) is 0 Å². The van der Waals surface area contributed by atoms with Crippen LogP contribution in [0.1, 0.15) is 29.5 Å². The van der Waals surface area contributed by atoms with Crippen LogP contribution < -0.4 is 10.6 Å². The first-order valence-electron chi connectivity index (χ1n) is 5.96. The third-order valence-corrected chi connectivity index (χ3v) is 3.29. The van der Waals surface area contributed by atoms with E-state index in [4.69, 9.17) is 0 Å². The summed E-state index contributed by atoms with van der Waals surface area (Å²) in [7, 11) is 1.48. The maximum atomic E-state index is 12.8. The second-order valence-corrected chi connectivity index (χ2v) is 4.87. The van der Waals surface area contributed by atoms with Gasteiger partial charge in [-0.25, -0.2) is 4.79 Å². The maximum absolute atomic E-state index is 12.8. The van der Waals surface area contributed by atoms with Crippen molar-refractivity contribution in [2.45, 2.75) is 31.5 Å². The molecule has 1 aromatic carbocycles. The summed E-state index contributed by atoms with van der Waals surface area (Å²) in [5.74, 6) is 0. The summed E-state index contributed by atoms with van der Waals surface area (Å²) >= 11 is 0. The summed E-state index contributed by atoms with van der Waals surface area (Å²) in [6.45, 7) is 1.62. The predicted octanol–water partition coefficient (Wildman–Crippen LogP) is 2.93. The van der Waals surface area contributed by atoms with E-state index >= 15 is 0 Å². The van der Waals surface area contributed by atoms with Crippen LogP contribution in [0.2, 0.25) is 0 Å². The minimum Gasteiger partial charge on any atom is -0.341 e. The zero-order valence-electron chi connectivity index (χ0n) is 10.7. The van der Waals surface area contributed by atoms with Gasteiger partial charge in [0, 0.05) is 7.05 Å². The first-order chi connectivity index (χ1) is 8.77. The molecular formula is C13H15F3N2O. The van der Waals surface area contributed by atoms with Gasteiger partial charge in [0.05, 0.1) is 11.1 Å². The fourth-order valence-electron chi connectivity index (χ4n) is 2.11. The van der Waals surface area contributed by atoms with Crippen LogP contribution in [0.5, 0.6) is 0 Å². The zero-order chi connectivity index (χ0) is 14.3. The summed E-state index contributed by atoms with van der Waals surface area (Å²) in [6, 6.07) is 3.54. The number of carbonyl (C=O) groups is 1. The lowest BCUT2D eigenvalue weighted by atomic mass is 9.99. The standard InChI is InChI=1S/C13H15F3N2O/c1-8-5-9(7-10(6-8)13(14,15)16)12(3-4-12)18-11(19)17-2/h5-7H,3-4H2,1-2H3,(H2,17,18,19). The fourth-order valence-corrected chi connectivity index (χ4v) is 2.11. The molecule has 1 saturated carbocycles. The Morgan fingerprint density at radius 3 is 2.37 bits per heavy atom. The Balaban J connectivity index is 2.35. The molecule has 1 aromatic rings. The second kappa shape index (κ2) is 4.43. The Morgan fingerprint density at radius 1 is 1.26 bits per heavy atom. The number of halogens is 3. The molecular weight excluding hydrogens is 257 g/mol. The molecule has 1 aliphatic carbocycles. The van der Waals surface area contributed by atoms with Crippen LogP contribution in [0, 0.1) is 6.92 Å². The normalized spacial score (nSPS) is 16.9. The van der Waals surface area contributed by atoms with E-state index in [9.17, 15) is 18.0 Å². The number of hydrogen-bond donors (Lipinski definition) is 2. The van der Waals surface area contributed by atoms with Gasteiger partial charge in [-0.2, -0.15) is 13.2 Å². The van der Waals surface area contributed by atoms with Gasteiger partial charge >= 0.3 is 12.2 Å². The lowest BCUT2D eigenvalue weighted by Crippen LogP contribution is -2.40. The number of aryl methyl sites for hydroxylation is 1. The molecule has 0 aromatic heterocycles. The van der Waals surface area contributed by atoms with Gasteiger partial charge in [0.15, 0.2) is 0 Å². The number of alkyl halides is 3. The topological polar surface area (TPSA) is 41.1 Å². The summed E-state index contributed by atoms with van der Waals surface area (Å²) in [6.07, 6.45) is -3.06. The van der Waals surface area contributed by atoms with Crippen molar-refractivity contribution in [3.8, 4) is 0 Å². The van der Waals surface area contributed by atoms with E-state index in [1.165, 1.54) is 7.05 Å². The minimum absolute atomic E-state index is 0.382. The molecule has 1 aliphatic rings. The number of benzene rings is 1. The molecule has 0 atom stereocenters. The summed E-state index contributed by atoms with van der Waals surface area (Å²) in [5, 5.41) is 5.14. The summed E-state index contributed by atoms with van der Waals surface area (Å²) in [5.41, 5.74) is -0.266. The Morgan fingerprint density at radius 2 is 1.89 bits per heavy atom. The smallest absolute Gasteiger partial charge is 0.341 e. The highest BCUT2D eigenvalue weighted by Gasteiger charge is 2.46. The number of rotatable bonds is 2. The molecule has 0 heterocycles. The van der Waals surface area contributed by atoms with Crippen molar-refractivity contribution in [1.29, 1.82) is 0 Å². The molecule has 0 bridgehead atoms. The number of urea groups is 1. The Hall–Kier alpha value is -1.72. The predicted molar refractivity (Wildman–Crippen MR) is 64.7 cm³/mol. The van der Waals surface area contributed by atoms with Crippen molar-refractivity contribution >= 4 is 6.03 Å². The van der Waals surface area contributed by atoms with E-state index in [-0.39, 0.29) is 6.03 Å². The zero-order valence-corrected chi connectivity index (χ0v) is 10.7. The molecule has 2 rings (SSSR count). The number of amides is 2. The molecule has 0 saturated heterocycles. The van der Waals surface area contributed by atoms with E-state index in [1.54, 1.807) is 13.0 Å². The Kier molecular flexibility index (Phi) is 3.20. The third-order valence-electron chi connectivity index (χ3n) is 3.29. The van der Waals surface area contributed by atoms with Gasteiger partial charge in [-0.3, -0.25) is 0 Å². The molecule has 2 amide bonds. The van der Waals surface area contributed by atoms with E-state index in [0.717, 1.165) is 12.1 Å². The summed E-state index contributed by atoms with van der Waals surface area (Å²) < 4.78 is 38.4. The number of carbonyl (C=O) groups excluding carboxylic acids is 1. The van der Waals surface area contributed by atoms with Gasteiger partial charge in [0.2, 0.25) is 0 Å². The summed E-state index contributed by atoms with van der Waals surface area (Å²) in [4.78, 5) is 11.4. The Bertz CT molecular complexity index is 507. The molecule has 0 spiro atoms. The van der Waals surface area contributed by atoms with E-state index in [0.29, 0.717) is 24.0 Å². The van der Waals surface area contributed by atoms with Crippen molar-refractivity contribution in [2.24, 2.45) is 0 Å². The first kappa shape index (κ1) is 13.7. The third kappa shape index (κ3) is 2.83. The van der Waals surface area contributed by atoms with Crippen LogP contribution in [-0.2, 0) is 11.7 Å². The van der Waals surface area contributed by atoms with Crippen LogP contribution >= 0.6 is 0 Å². The molecule has 19 heavy (non-hydrogen) atoms. The molecule has 104 valence electrons. The second-order valence-electron chi connectivity index (χ2n) is 4.87. The van der Waals surface area contributed by atoms with Gasteiger partial charge in [0.1, 0.15) is 0 Å². The monoisotopic (exact) mass is 272 g/mol. The molecule has 1 fully saturated rings. The van der Waals surface area contributed by atoms with Crippen LogP contribution in [0.15, 0.2) is 18.2 Å². The van der Waals surface area contributed by atoms with Gasteiger partial charge < -0.3 is 10.6 Å². The highest BCUT2D eigenvalue weighted by molar-refractivity contribution is 5.75. The number of hydrogen-bond acceptors (Lipinski definition) is 1. The fraction of sp³-hybridized carbons (Fsp3) is 0.462. The number of nitrogens with one attached hydrogen (secondary N) is 2. The maximum Gasteiger partial charge on any atom is 0.416 e. The van der Waals surface area contributed by atoms with Crippen molar-refractivity contribution in [1.82, 2.24) is 10.6 Å². The van der Waals surface area contributed by atoms with Crippen molar-refractivity contribution < 1.29 is 18.0 Å². The lowest BCUT2D eigenvalue weighted by molar-refractivity contribution is -0.137. The molecule has 3 nitrogen and oxygen atoms in total. The van der Waals surface area contributed by atoms with Crippen molar-refractivity contribution in [2.75, 3.05) is 7.05 Å². The lowest BCUT2D eigenvalue weighted by Gasteiger charge is -2.20. The molecule has 0 aliphatic heterocycles. The van der Waals surface area contributed by atoms with E-state index in [2.05, 4.69) is 10.6 Å². The largest absolute Gasteiger partial charge is 0.416 e. The van der Waals surface area contributed by atoms with Gasteiger partial charge in [-0.15, -0.1) is 0 Å². The Labute approximate surface area is 109 Å². The first-order valence-corrected chi connectivity index (χ1v) is 5.96. The van der Waals surface area contributed by atoms with Crippen molar-refractivity contribution in [3.05, 3.63) is 34.9 Å². The van der Waals surface area contributed by atoms with Crippen LogP contribution in [0.3, 0.4) is 0 Å². The van der Waals surface area contributed by atoms with Gasteiger partial charge in [-0.05, 0) is 37.5 Å². The highest BCUT2D eigenvalue weighted by Crippen LogP contribution is 2.47. The van der Waals surface area contributed by atoms with Gasteiger partial charge in [0.25, 0.3) is 0 Å². The average Bonchev–Trinajstić information content (AvgIpc) is 3.08. The SMILES string of the molecule is CNC(=O)NC1(c2cc(C)cc(C(F)(F)F)c2)CC1. The minimum atomic E-state index is -4.37. The molecule has 0 unspecified atom stereocenters. The highest BCUT2D eigenvalue weighted by atomic mass is 19.4. The molecule has 0 radical (unpaired) electrons. The molecule has 6 heteroatoms. The molecule has 2 N–H and O–H groups in total. The quantitative estimate of drug-likeness (QED) is 0.854. The van der Waals surface area contributed by atoms with E-state index in [1.807, 2.05) is 0 Å². The van der Waals surface area contributed by atoms with Crippen molar-refractivity contribution in [3.63, 3.8) is 0 Å². The van der Waals surface area contributed by atoms with Crippen LogP contribution in [-0.4, -0.2) is 13.1 Å². The van der Waals surface area contributed by atoms with Crippen LogP contribution in [0.4, 0.5) is 18.0 Å². The van der Waals surface area contributed by atoms with Gasteiger partial charge in [-0.1, -0.05) is 11.6 Å².